The zero-order valence-electron chi connectivity index (χ0n) is 13.8. The molecule has 130 valence electrons. The lowest BCUT2D eigenvalue weighted by atomic mass is 10.2. The van der Waals surface area contributed by atoms with Crippen LogP contribution >= 0.6 is 23.4 Å². The maximum atomic E-state index is 12.3. The van der Waals surface area contributed by atoms with Crippen LogP contribution in [-0.2, 0) is 4.79 Å². The first-order chi connectivity index (χ1) is 12.6. The van der Waals surface area contributed by atoms with Crippen LogP contribution in [0.25, 0.3) is 22.1 Å². The minimum absolute atomic E-state index is 0.136. The van der Waals surface area contributed by atoms with Gasteiger partial charge in [-0.15, -0.1) is 0 Å². The summed E-state index contributed by atoms with van der Waals surface area (Å²) in [6.07, 6.45) is 1.49. The fourth-order valence-corrected chi connectivity index (χ4v) is 3.57. The number of thioether (sulfide) groups is 1. The van der Waals surface area contributed by atoms with Gasteiger partial charge in [-0.25, -0.2) is 9.97 Å². The molecule has 4 rings (SSSR count). The first-order valence-corrected chi connectivity index (χ1v) is 9.30. The predicted molar refractivity (Wildman–Crippen MR) is 105 cm³/mol. The molecule has 0 atom stereocenters. The number of rotatable bonds is 4. The molecular formula is C19H14ClN3O2S. The Hall–Kier alpha value is -2.57. The molecule has 0 radical (unpaired) electrons. The van der Waals surface area contributed by atoms with Crippen LogP contribution in [0.4, 0.5) is 5.69 Å². The quantitative estimate of drug-likeness (QED) is 0.393. The molecule has 0 aliphatic heterocycles. The lowest BCUT2D eigenvalue weighted by molar-refractivity contribution is -0.113. The Balaban J connectivity index is 1.54. The van der Waals surface area contributed by atoms with Gasteiger partial charge in [0.25, 0.3) is 0 Å². The van der Waals surface area contributed by atoms with Gasteiger partial charge in [-0.3, -0.25) is 4.79 Å². The van der Waals surface area contributed by atoms with Crippen LogP contribution in [0.5, 0.6) is 0 Å². The third-order valence-electron chi connectivity index (χ3n) is 4.01. The van der Waals surface area contributed by atoms with Gasteiger partial charge in [-0.05, 0) is 36.8 Å². The molecule has 1 N–H and O–H groups in total. The summed E-state index contributed by atoms with van der Waals surface area (Å²) in [6.45, 7) is 1.87. The molecule has 2 aromatic heterocycles. The molecule has 0 bridgehead atoms. The van der Waals surface area contributed by atoms with Crippen molar-refractivity contribution in [1.82, 2.24) is 9.97 Å². The summed E-state index contributed by atoms with van der Waals surface area (Å²) in [5, 5.41) is 5.08. The van der Waals surface area contributed by atoms with Crippen LogP contribution < -0.4 is 5.32 Å². The van der Waals surface area contributed by atoms with Crippen molar-refractivity contribution in [3.05, 3.63) is 59.4 Å². The topological polar surface area (TPSA) is 68.0 Å². The molecular weight excluding hydrogens is 370 g/mol. The van der Waals surface area contributed by atoms with E-state index in [4.69, 9.17) is 16.0 Å². The summed E-state index contributed by atoms with van der Waals surface area (Å²) < 4.78 is 5.87. The molecule has 0 aliphatic rings. The number of amides is 1. The Morgan fingerprint density at radius 1 is 1.19 bits per heavy atom. The summed E-state index contributed by atoms with van der Waals surface area (Å²) in [7, 11) is 0. The number of nitrogens with one attached hydrogen (secondary N) is 1. The molecule has 0 unspecified atom stereocenters. The predicted octanol–water partition coefficient (Wildman–Crippen LogP) is 5.07. The van der Waals surface area contributed by atoms with E-state index >= 15 is 0 Å². The summed E-state index contributed by atoms with van der Waals surface area (Å²) in [4.78, 5) is 20.9. The largest absolute Gasteiger partial charge is 0.451 e. The van der Waals surface area contributed by atoms with Crippen molar-refractivity contribution in [2.24, 2.45) is 0 Å². The maximum absolute atomic E-state index is 12.3. The van der Waals surface area contributed by atoms with Crippen molar-refractivity contribution < 1.29 is 9.21 Å². The number of halogens is 1. The highest BCUT2D eigenvalue weighted by atomic mass is 35.5. The molecule has 0 spiro atoms. The average Bonchev–Trinajstić information content (AvgIpc) is 3.03. The van der Waals surface area contributed by atoms with Crippen molar-refractivity contribution in [2.45, 2.75) is 11.9 Å². The Bertz CT molecular complexity index is 1130. The summed E-state index contributed by atoms with van der Waals surface area (Å²) in [5.74, 6) is 0.0676. The molecule has 0 saturated carbocycles. The smallest absolute Gasteiger partial charge is 0.234 e. The molecule has 0 fully saturated rings. The number of hydrogen-bond acceptors (Lipinski definition) is 5. The molecule has 4 aromatic rings. The second-order valence-corrected chi connectivity index (χ2v) is 7.08. The first-order valence-electron chi connectivity index (χ1n) is 7.93. The number of nitrogens with zero attached hydrogens (tertiary/aromatic N) is 2. The summed E-state index contributed by atoms with van der Waals surface area (Å²) >= 11 is 7.40. The Morgan fingerprint density at radius 3 is 2.92 bits per heavy atom. The van der Waals surface area contributed by atoms with E-state index in [-0.39, 0.29) is 11.7 Å². The standard InChI is InChI=1S/C19H14ClN3O2S/c1-11-13(20)6-4-7-14(11)23-16(24)9-26-19-18-17(21-10-22-19)12-5-2-3-8-15(12)25-18/h2-8,10H,9H2,1H3,(H,23,24). The molecule has 0 aliphatic carbocycles. The van der Waals surface area contributed by atoms with Crippen LogP contribution in [-0.4, -0.2) is 21.6 Å². The molecule has 2 heterocycles. The highest BCUT2D eigenvalue weighted by Gasteiger charge is 2.15. The third-order valence-corrected chi connectivity index (χ3v) is 5.39. The molecule has 7 heteroatoms. The Kier molecular flexibility index (Phi) is 4.53. The van der Waals surface area contributed by atoms with Crippen LogP contribution in [0.15, 0.2) is 58.2 Å². The molecule has 0 saturated heterocycles. The number of carbonyl (C=O) groups excluding carboxylic acids is 1. The number of fused-ring (bicyclic) bond motifs is 3. The molecule has 5 nitrogen and oxygen atoms in total. The van der Waals surface area contributed by atoms with Crippen molar-refractivity contribution in [3.63, 3.8) is 0 Å². The summed E-state index contributed by atoms with van der Waals surface area (Å²) in [6, 6.07) is 13.1. The van der Waals surface area contributed by atoms with Crippen molar-refractivity contribution in [1.29, 1.82) is 0 Å². The van der Waals surface area contributed by atoms with Crippen LogP contribution in [0.2, 0.25) is 5.02 Å². The van der Waals surface area contributed by atoms with E-state index in [2.05, 4.69) is 15.3 Å². The second-order valence-electron chi connectivity index (χ2n) is 5.70. The lowest BCUT2D eigenvalue weighted by Gasteiger charge is -2.09. The molecule has 1 amide bonds. The number of para-hydroxylation sites is 1. The van der Waals surface area contributed by atoms with Crippen molar-refractivity contribution in [3.8, 4) is 0 Å². The highest BCUT2D eigenvalue weighted by molar-refractivity contribution is 8.00. The fraction of sp³-hybridized carbons (Fsp3) is 0.105. The van der Waals surface area contributed by atoms with E-state index in [0.717, 1.165) is 22.0 Å². The van der Waals surface area contributed by atoms with Gasteiger partial charge in [0.15, 0.2) is 5.58 Å². The van der Waals surface area contributed by atoms with Gasteiger partial charge in [0.1, 0.15) is 22.5 Å². The van der Waals surface area contributed by atoms with Gasteiger partial charge in [-0.1, -0.05) is 41.6 Å². The second kappa shape index (κ2) is 6.97. The fourth-order valence-electron chi connectivity index (χ4n) is 2.67. The average molecular weight is 384 g/mol. The van der Waals surface area contributed by atoms with Crippen molar-refractivity contribution in [2.75, 3.05) is 11.1 Å². The Labute approximate surface area is 158 Å². The van der Waals surface area contributed by atoms with Gasteiger partial charge in [-0.2, -0.15) is 0 Å². The molecule has 2 aromatic carbocycles. The monoisotopic (exact) mass is 383 g/mol. The van der Waals surface area contributed by atoms with E-state index in [1.54, 1.807) is 12.1 Å². The van der Waals surface area contributed by atoms with Gasteiger partial charge < -0.3 is 9.73 Å². The van der Waals surface area contributed by atoms with E-state index in [0.29, 0.717) is 21.3 Å². The highest BCUT2D eigenvalue weighted by Crippen LogP contribution is 2.32. The lowest BCUT2D eigenvalue weighted by Crippen LogP contribution is -2.15. The van der Waals surface area contributed by atoms with E-state index < -0.39 is 0 Å². The number of anilines is 1. The SMILES string of the molecule is Cc1c(Cl)cccc1NC(=O)CSc1ncnc2c1oc1ccccc12. The van der Waals surface area contributed by atoms with E-state index in [1.807, 2.05) is 37.3 Å². The van der Waals surface area contributed by atoms with Crippen LogP contribution in [0.1, 0.15) is 5.56 Å². The van der Waals surface area contributed by atoms with Gasteiger partial charge in [0.05, 0.1) is 5.75 Å². The van der Waals surface area contributed by atoms with Gasteiger partial charge >= 0.3 is 0 Å². The van der Waals surface area contributed by atoms with Crippen LogP contribution in [0.3, 0.4) is 0 Å². The van der Waals surface area contributed by atoms with E-state index in [9.17, 15) is 4.79 Å². The third kappa shape index (κ3) is 3.13. The zero-order valence-corrected chi connectivity index (χ0v) is 15.4. The maximum Gasteiger partial charge on any atom is 0.234 e. The normalized spacial score (nSPS) is 11.2. The Morgan fingerprint density at radius 2 is 2.04 bits per heavy atom. The first kappa shape index (κ1) is 16.9. The van der Waals surface area contributed by atoms with Gasteiger partial charge in [0, 0.05) is 16.1 Å². The van der Waals surface area contributed by atoms with Gasteiger partial charge in [0.2, 0.25) is 5.91 Å². The van der Waals surface area contributed by atoms with Crippen LogP contribution in [0, 0.1) is 6.92 Å². The van der Waals surface area contributed by atoms with Crippen molar-refractivity contribution >= 4 is 57.0 Å². The minimum Gasteiger partial charge on any atom is -0.451 e. The van der Waals surface area contributed by atoms with E-state index in [1.165, 1.54) is 18.1 Å². The zero-order chi connectivity index (χ0) is 18.1. The number of benzene rings is 2. The minimum atomic E-state index is -0.136. The number of hydrogen-bond donors (Lipinski definition) is 1. The number of carbonyl (C=O) groups is 1. The number of aromatic nitrogens is 2. The number of furan rings is 1. The molecule has 26 heavy (non-hydrogen) atoms. The summed E-state index contributed by atoms with van der Waals surface area (Å²) in [5.41, 5.74) is 3.66.